The number of benzene rings is 2. The summed E-state index contributed by atoms with van der Waals surface area (Å²) in [7, 11) is 0. The first-order chi connectivity index (χ1) is 14.1. The van der Waals surface area contributed by atoms with Crippen LogP contribution in [0.1, 0.15) is 17.3 Å². The van der Waals surface area contributed by atoms with E-state index in [1.165, 1.54) is 6.07 Å². The number of amides is 1. The Bertz CT molecular complexity index is 1290. The number of nitrogens with zero attached hydrogens (tertiary/aromatic N) is 2. The number of carbonyl (C=O) groups is 2. The molecule has 8 heteroatoms. The summed E-state index contributed by atoms with van der Waals surface area (Å²) in [5.74, 6) is -0.901. The topological polar surface area (TPSA) is 106 Å². The molecule has 4 rings (SSSR count). The number of aromatic nitrogens is 3. The lowest BCUT2D eigenvalue weighted by Crippen LogP contribution is -2.29. The van der Waals surface area contributed by atoms with E-state index in [1.807, 2.05) is 24.3 Å². The van der Waals surface area contributed by atoms with Gasteiger partial charge >= 0.3 is 5.97 Å². The number of ether oxygens (including phenoxy) is 1. The molecule has 8 nitrogen and oxygen atoms in total. The van der Waals surface area contributed by atoms with Crippen molar-refractivity contribution in [2.75, 3.05) is 11.9 Å². The number of nitrogens with one attached hydrogen (secondary N) is 2. The number of aromatic amines is 1. The second-order valence-electron chi connectivity index (χ2n) is 6.42. The number of carbonyl (C=O) groups excluding carboxylic acids is 2. The third-order valence-corrected chi connectivity index (χ3v) is 4.47. The van der Waals surface area contributed by atoms with Crippen molar-refractivity contribution >= 4 is 39.4 Å². The maximum atomic E-state index is 12.7. The Labute approximate surface area is 165 Å². The van der Waals surface area contributed by atoms with Gasteiger partial charge in [-0.25, -0.2) is 9.48 Å². The van der Waals surface area contributed by atoms with Crippen molar-refractivity contribution in [1.82, 2.24) is 14.8 Å². The second kappa shape index (κ2) is 7.59. The van der Waals surface area contributed by atoms with Gasteiger partial charge in [0, 0.05) is 22.0 Å². The first-order valence-corrected chi connectivity index (χ1v) is 9.10. The smallest absolute Gasteiger partial charge is 0.338 e. The van der Waals surface area contributed by atoms with Gasteiger partial charge < -0.3 is 15.0 Å². The van der Waals surface area contributed by atoms with Gasteiger partial charge in [0.25, 0.3) is 5.56 Å². The standard InChI is InChI=1S/C21H18N4O4/c1-2-29-21(28)13-6-5-7-14(10-13)23-18(26)12-25-20(27)19-16(11-22-25)15-8-3-4-9-17(15)24-19/h3-11,24H,2,12H2,1H3,(H,23,26). The second-order valence-corrected chi connectivity index (χ2v) is 6.42. The van der Waals surface area contributed by atoms with Gasteiger partial charge in [0.15, 0.2) is 0 Å². The lowest BCUT2D eigenvalue weighted by Gasteiger charge is -2.08. The average Bonchev–Trinajstić information content (AvgIpc) is 3.10. The van der Waals surface area contributed by atoms with Crippen LogP contribution in [0, 0.1) is 0 Å². The molecule has 0 aliphatic heterocycles. The number of fused-ring (bicyclic) bond motifs is 3. The van der Waals surface area contributed by atoms with Crippen LogP contribution in [0.4, 0.5) is 5.69 Å². The van der Waals surface area contributed by atoms with Gasteiger partial charge in [-0.15, -0.1) is 0 Å². The summed E-state index contributed by atoms with van der Waals surface area (Å²) >= 11 is 0. The maximum absolute atomic E-state index is 12.7. The molecule has 0 unspecified atom stereocenters. The van der Waals surface area contributed by atoms with Gasteiger partial charge in [-0.05, 0) is 31.2 Å². The van der Waals surface area contributed by atoms with Crippen molar-refractivity contribution < 1.29 is 14.3 Å². The van der Waals surface area contributed by atoms with Crippen LogP contribution in [-0.4, -0.2) is 33.2 Å². The molecule has 0 aliphatic carbocycles. The first kappa shape index (κ1) is 18.4. The predicted octanol–water partition coefficient (Wildman–Crippen LogP) is 2.69. The molecular formula is C21H18N4O4. The Hall–Kier alpha value is -3.94. The highest BCUT2D eigenvalue weighted by Crippen LogP contribution is 2.21. The normalized spacial score (nSPS) is 10.9. The zero-order valence-electron chi connectivity index (χ0n) is 15.6. The summed E-state index contributed by atoms with van der Waals surface area (Å²) in [6, 6.07) is 14.0. The van der Waals surface area contributed by atoms with E-state index in [2.05, 4.69) is 15.4 Å². The van der Waals surface area contributed by atoms with Crippen molar-refractivity contribution in [3.05, 3.63) is 70.6 Å². The van der Waals surface area contributed by atoms with Crippen molar-refractivity contribution in [3.8, 4) is 0 Å². The quantitative estimate of drug-likeness (QED) is 0.510. The van der Waals surface area contributed by atoms with Crippen LogP contribution in [0.5, 0.6) is 0 Å². The first-order valence-electron chi connectivity index (χ1n) is 9.10. The van der Waals surface area contributed by atoms with Crippen LogP contribution in [-0.2, 0) is 16.1 Å². The fourth-order valence-electron chi connectivity index (χ4n) is 3.16. The Balaban J connectivity index is 1.56. The average molecular weight is 390 g/mol. The molecule has 0 spiro atoms. The van der Waals surface area contributed by atoms with Crippen LogP contribution >= 0.6 is 0 Å². The third-order valence-electron chi connectivity index (χ3n) is 4.47. The third kappa shape index (κ3) is 3.60. The molecule has 2 aromatic carbocycles. The maximum Gasteiger partial charge on any atom is 0.338 e. The number of rotatable bonds is 5. The number of para-hydroxylation sites is 1. The Morgan fingerprint density at radius 1 is 1.14 bits per heavy atom. The molecule has 2 heterocycles. The minimum absolute atomic E-state index is 0.256. The van der Waals surface area contributed by atoms with Gasteiger partial charge in [0.1, 0.15) is 12.1 Å². The van der Waals surface area contributed by atoms with Crippen LogP contribution in [0.15, 0.2) is 59.5 Å². The number of hydrogen-bond donors (Lipinski definition) is 2. The Morgan fingerprint density at radius 2 is 1.97 bits per heavy atom. The molecule has 2 aromatic heterocycles. The molecule has 146 valence electrons. The van der Waals surface area contributed by atoms with E-state index >= 15 is 0 Å². The van der Waals surface area contributed by atoms with Gasteiger partial charge in [-0.3, -0.25) is 9.59 Å². The van der Waals surface area contributed by atoms with E-state index < -0.39 is 11.9 Å². The number of H-pyrrole nitrogens is 1. The molecule has 1 amide bonds. The Morgan fingerprint density at radius 3 is 2.79 bits per heavy atom. The molecule has 0 atom stereocenters. The number of hydrogen-bond acceptors (Lipinski definition) is 5. The van der Waals surface area contributed by atoms with Crippen LogP contribution < -0.4 is 10.9 Å². The molecule has 4 aromatic rings. The van der Waals surface area contributed by atoms with Crippen molar-refractivity contribution in [1.29, 1.82) is 0 Å². The van der Waals surface area contributed by atoms with E-state index in [9.17, 15) is 14.4 Å². The minimum atomic E-state index is -0.467. The highest BCUT2D eigenvalue weighted by molar-refractivity contribution is 6.06. The van der Waals surface area contributed by atoms with Gasteiger partial charge in [0.2, 0.25) is 5.91 Å². The monoisotopic (exact) mass is 390 g/mol. The largest absolute Gasteiger partial charge is 0.462 e. The van der Waals surface area contributed by atoms with Crippen molar-refractivity contribution in [3.63, 3.8) is 0 Å². The summed E-state index contributed by atoms with van der Waals surface area (Å²) in [5, 5.41) is 8.42. The van der Waals surface area contributed by atoms with E-state index in [4.69, 9.17) is 4.74 Å². The Kier molecular flexibility index (Phi) is 4.82. The summed E-state index contributed by atoms with van der Waals surface area (Å²) in [6.07, 6.45) is 1.57. The predicted molar refractivity (Wildman–Crippen MR) is 109 cm³/mol. The van der Waals surface area contributed by atoms with Crippen LogP contribution in [0.25, 0.3) is 21.8 Å². The van der Waals surface area contributed by atoms with Crippen LogP contribution in [0.3, 0.4) is 0 Å². The molecule has 2 N–H and O–H groups in total. The fraction of sp³-hybridized carbons (Fsp3) is 0.143. The van der Waals surface area contributed by atoms with Gasteiger partial charge in [-0.1, -0.05) is 24.3 Å². The molecule has 0 fully saturated rings. The molecule has 0 aliphatic rings. The van der Waals surface area contributed by atoms with Crippen molar-refractivity contribution in [2.45, 2.75) is 13.5 Å². The summed E-state index contributed by atoms with van der Waals surface area (Å²) in [5.41, 5.74) is 1.62. The van der Waals surface area contributed by atoms with E-state index in [0.29, 0.717) is 22.2 Å². The highest BCUT2D eigenvalue weighted by atomic mass is 16.5. The SMILES string of the molecule is CCOC(=O)c1cccc(NC(=O)Cn2ncc3c([nH]c4ccccc43)c2=O)c1. The molecule has 0 saturated heterocycles. The zero-order valence-corrected chi connectivity index (χ0v) is 15.6. The fourth-order valence-corrected chi connectivity index (χ4v) is 3.16. The molecular weight excluding hydrogens is 372 g/mol. The highest BCUT2D eigenvalue weighted by Gasteiger charge is 2.13. The van der Waals surface area contributed by atoms with E-state index in [-0.39, 0.29) is 18.7 Å². The van der Waals surface area contributed by atoms with E-state index in [0.717, 1.165) is 15.6 Å². The summed E-state index contributed by atoms with van der Waals surface area (Å²) in [4.78, 5) is 40.0. The lowest BCUT2D eigenvalue weighted by molar-refractivity contribution is -0.117. The van der Waals surface area contributed by atoms with Crippen molar-refractivity contribution in [2.24, 2.45) is 0 Å². The minimum Gasteiger partial charge on any atom is -0.462 e. The molecule has 0 radical (unpaired) electrons. The van der Waals surface area contributed by atoms with E-state index in [1.54, 1.807) is 31.3 Å². The summed E-state index contributed by atoms with van der Waals surface area (Å²) in [6.45, 7) is 1.73. The molecule has 29 heavy (non-hydrogen) atoms. The number of anilines is 1. The summed E-state index contributed by atoms with van der Waals surface area (Å²) < 4.78 is 6.05. The zero-order chi connectivity index (χ0) is 20.4. The molecule has 0 bridgehead atoms. The van der Waals surface area contributed by atoms with Gasteiger partial charge in [-0.2, -0.15) is 5.10 Å². The lowest BCUT2D eigenvalue weighted by atomic mass is 10.2. The van der Waals surface area contributed by atoms with Gasteiger partial charge in [0.05, 0.1) is 18.4 Å². The van der Waals surface area contributed by atoms with Crippen LogP contribution in [0.2, 0.25) is 0 Å². The molecule has 0 saturated carbocycles. The number of esters is 1.